The highest BCUT2D eigenvalue weighted by Gasteiger charge is 2.17. The first-order valence-electron chi connectivity index (χ1n) is 6.13. The molecule has 0 aromatic carbocycles. The van der Waals surface area contributed by atoms with Gasteiger partial charge in [0.2, 0.25) is 0 Å². The van der Waals surface area contributed by atoms with Crippen molar-refractivity contribution in [3.8, 4) is 6.07 Å². The first-order valence-corrected chi connectivity index (χ1v) is 6.13. The van der Waals surface area contributed by atoms with Crippen molar-refractivity contribution in [3.63, 3.8) is 0 Å². The third kappa shape index (κ3) is 3.18. The maximum atomic E-state index is 8.67. The molecule has 2 rings (SSSR count). The number of rotatable bonds is 4. The Morgan fingerprint density at radius 1 is 1.47 bits per heavy atom. The van der Waals surface area contributed by atoms with Gasteiger partial charge >= 0.3 is 0 Å². The molecule has 1 aliphatic heterocycles. The monoisotopic (exact) mass is 230 g/mol. The van der Waals surface area contributed by atoms with Crippen LogP contribution < -0.4 is 5.32 Å². The number of anilines is 1. The van der Waals surface area contributed by atoms with Crippen molar-refractivity contribution in [1.82, 2.24) is 9.88 Å². The predicted octanol–water partition coefficient (Wildman–Crippen LogP) is 1.85. The molecule has 4 heteroatoms. The minimum Gasteiger partial charge on any atom is -0.369 e. The van der Waals surface area contributed by atoms with Gasteiger partial charge in [-0.25, -0.2) is 4.98 Å². The smallest absolute Gasteiger partial charge is 0.126 e. The molecule has 1 aromatic heterocycles. The quantitative estimate of drug-likeness (QED) is 0.857. The number of pyridine rings is 1. The molecular weight excluding hydrogens is 212 g/mol. The number of hydrogen-bond donors (Lipinski definition) is 1. The maximum absolute atomic E-state index is 8.67. The van der Waals surface area contributed by atoms with Crippen LogP contribution in [0.3, 0.4) is 0 Å². The third-order valence-electron chi connectivity index (χ3n) is 3.24. The highest BCUT2D eigenvalue weighted by molar-refractivity contribution is 5.38. The van der Waals surface area contributed by atoms with Crippen molar-refractivity contribution in [2.45, 2.75) is 25.8 Å². The van der Waals surface area contributed by atoms with Gasteiger partial charge in [-0.05, 0) is 45.0 Å². The van der Waals surface area contributed by atoms with Gasteiger partial charge in [-0.1, -0.05) is 0 Å². The van der Waals surface area contributed by atoms with Gasteiger partial charge in [0, 0.05) is 18.8 Å². The lowest BCUT2D eigenvalue weighted by atomic mass is 10.3. The Labute approximate surface area is 102 Å². The van der Waals surface area contributed by atoms with Crippen LogP contribution in [0.25, 0.3) is 0 Å². The SMILES string of the molecule is CC(CNc1ccc(C#N)cn1)N1CCCC1. The summed E-state index contributed by atoms with van der Waals surface area (Å²) in [6, 6.07) is 6.25. The topological polar surface area (TPSA) is 52.0 Å². The van der Waals surface area contributed by atoms with Gasteiger partial charge in [-0.3, -0.25) is 4.90 Å². The number of aromatic nitrogens is 1. The van der Waals surface area contributed by atoms with Crippen LogP contribution >= 0.6 is 0 Å². The van der Waals surface area contributed by atoms with Gasteiger partial charge in [0.15, 0.2) is 0 Å². The van der Waals surface area contributed by atoms with E-state index in [-0.39, 0.29) is 0 Å². The Balaban J connectivity index is 1.82. The molecule has 0 radical (unpaired) electrons. The van der Waals surface area contributed by atoms with Crippen molar-refractivity contribution >= 4 is 5.82 Å². The summed E-state index contributed by atoms with van der Waals surface area (Å²) in [5.74, 6) is 0.843. The first-order chi connectivity index (χ1) is 8.29. The molecule has 90 valence electrons. The Kier molecular flexibility index (Phi) is 3.94. The number of nitriles is 1. The zero-order valence-electron chi connectivity index (χ0n) is 10.2. The summed E-state index contributed by atoms with van der Waals surface area (Å²) in [6.07, 6.45) is 4.24. The Morgan fingerprint density at radius 2 is 2.24 bits per heavy atom. The number of nitrogens with one attached hydrogen (secondary N) is 1. The summed E-state index contributed by atoms with van der Waals surface area (Å²) in [6.45, 7) is 5.56. The van der Waals surface area contributed by atoms with Crippen LogP contribution in [0.1, 0.15) is 25.3 Å². The second-order valence-electron chi connectivity index (χ2n) is 4.52. The van der Waals surface area contributed by atoms with E-state index in [2.05, 4.69) is 28.2 Å². The van der Waals surface area contributed by atoms with Gasteiger partial charge in [-0.2, -0.15) is 5.26 Å². The zero-order valence-corrected chi connectivity index (χ0v) is 10.2. The van der Waals surface area contributed by atoms with Crippen LogP contribution in [0, 0.1) is 11.3 Å². The van der Waals surface area contributed by atoms with Crippen molar-refractivity contribution in [1.29, 1.82) is 5.26 Å². The molecule has 1 aliphatic rings. The van der Waals surface area contributed by atoms with E-state index in [1.165, 1.54) is 25.9 Å². The second-order valence-corrected chi connectivity index (χ2v) is 4.52. The van der Waals surface area contributed by atoms with E-state index in [1.54, 1.807) is 12.3 Å². The fourth-order valence-corrected chi connectivity index (χ4v) is 2.13. The van der Waals surface area contributed by atoms with E-state index < -0.39 is 0 Å². The van der Waals surface area contributed by atoms with Crippen LogP contribution in [0.4, 0.5) is 5.82 Å². The van der Waals surface area contributed by atoms with Crippen molar-refractivity contribution in [3.05, 3.63) is 23.9 Å². The van der Waals surface area contributed by atoms with Crippen LogP contribution in [0.5, 0.6) is 0 Å². The molecule has 1 N–H and O–H groups in total. The number of nitrogens with zero attached hydrogens (tertiary/aromatic N) is 3. The standard InChI is InChI=1S/C13H18N4/c1-11(17-6-2-3-7-17)9-15-13-5-4-12(8-14)10-16-13/h4-5,10-11H,2-3,6-7,9H2,1H3,(H,15,16). The molecule has 1 saturated heterocycles. The van der Waals surface area contributed by atoms with E-state index >= 15 is 0 Å². The minimum atomic E-state index is 0.537. The van der Waals surface area contributed by atoms with Crippen LogP contribution in [-0.2, 0) is 0 Å². The van der Waals surface area contributed by atoms with Gasteiger partial charge < -0.3 is 5.32 Å². The summed E-state index contributed by atoms with van der Waals surface area (Å²) in [5, 5.41) is 12.0. The molecule has 1 aromatic rings. The Bertz CT molecular complexity index is 387. The second kappa shape index (κ2) is 5.65. The average molecular weight is 230 g/mol. The number of hydrogen-bond acceptors (Lipinski definition) is 4. The highest BCUT2D eigenvalue weighted by Crippen LogP contribution is 2.12. The lowest BCUT2D eigenvalue weighted by molar-refractivity contribution is 0.269. The highest BCUT2D eigenvalue weighted by atomic mass is 15.2. The normalized spacial score (nSPS) is 17.6. The molecule has 1 fully saturated rings. The molecule has 1 unspecified atom stereocenters. The Hall–Kier alpha value is -1.60. The van der Waals surface area contributed by atoms with Crippen molar-refractivity contribution in [2.75, 3.05) is 25.0 Å². The van der Waals surface area contributed by atoms with Crippen LogP contribution in [0.2, 0.25) is 0 Å². The van der Waals surface area contributed by atoms with Gasteiger partial charge in [0.05, 0.1) is 5.56 Å². The summed E-state index contributed by atoms with van der Waals surface area (Å²) >= 11 is 0. The molecule has 17 heavy (non-hydrogen) atoms. The van der Waals surface area contributed by atoms with Gasteiger partial charge in [0.1, 0.15) is 11.9 Å². The zero-order chi connectivity index (χ0) is 12.1. The van der Waals surface area contributed by atoms with Crippen molar-refractivity contribution < 1.29 is 0 Å². The molecule has 2 heterocycles. The fourth-order valence-electron chi connectivity index (χ4n) is 2.13. The third-order valence-corrected chi connectivity index (χ3v) is 3.24. The maximum Gasteiger partial charge on any atom is 0.126 e. The lowest BCUT2D eigenvalue weighted by Gasteiger charge is -2.24. The van der Waals surface area contributed by atoms with E-state index in [9.17, 15) is 0 Å². The average Bonchev–Trinajstić information content (AvgIpc) is 2.90. The molecule has 0 spiro atoms. The van der Waals surface area contributed by atoms with E-state index in [0.29, 0.717) is 11.6 Å². The van der Waals surface area contributed by atoms with E-state index in [0.717, 1.165) is 12.4 Å². The van der Waals surface area contributed by atoms with Gasteiger partial charge in [0.25, 0.3) is 0 Å². The fraction of sp³-hybridized carbons (Fsp3) is 0.538. The molecule has 0 aliphatic carbocycles. The molecule has 4 nitrogen and oxygen atoms in total. The van der Waals surface area contributed by atoms with Gasteiger partial charge in [-0.15, -0.1) is 0 Å². The van der Waals surface area contributed by atoms with Crippen LogP contribution in [-0.4, -0.2) is 35.6 Å². The van der Waals surface area contributed by atoms with E-state index in [1.807, 2.05) is 6.07 Å². The molecular formula is C13H18N4. The summed E-state index contributed by atoms with van der Waals surface area (Å²) < 4.78 is 0. The summed E-state index contributed by atoms with van der Waals surface area (Å²) in [7, 11) is 0. The van der Waals surface area contributed by atoms with Crippen molar-refractivity contribution in [2.24, 2.45) is 0 Å². The molecule has 0 saturated carbocycles. The predicted molar refractivity (Wildman–Crippen MR) is 67.7 cm³/mol. The lowest BCUT2D eigenvalue weighted by Crippen LogP contribution is -2.35. The molecule has 0 bridgehead atoms. The minimum absolute atomic E-state index is 0.537. The molecule has 1 atom stereocenters. The summed E-state index contributed by atoms with van der Waals surface area (Å²) in [4.78, 5) is 6.69. The largest absolute Gasteiger partial charge is 0.369 e. The first kappa shape index (κ1) is 11.9. The molecule has 0 amide bonds. The summed E-state index contributed by atoms with van der Waals surface area (Å²) in [5.41, 5.74) is 0.600. The van der Waals surface area contributed by atoms with E-state index in [4.69, 9.17) is 5.26 Å². The Morgan fingerprint density at radius 3 is 2.82 bits per heavy atom. The van der Waals surface area contributed by atoms with Crippen LogP contribution in [0.15, 0.2) is 18.3 Å². The number of likely N-dealkylation sites (tertiary alicyclic amines) is 1.